The van der Waals surface area contributed by atoms with Crippen LogP contribution in [0, 0.1) is 0 Å². The second kappa shape index (κ2) is 4.13. The molecule has 0 aromatic carbocycles. The molecule has 0 bridgehead atoms. The highest BCUT2D eigenvalue weighted by molar-refractivity contribution is 5.78. The quantitative estimate of drug-likeness (QED) is 0.551. The maximum atomic E-state index is 10.9. The summed E-state index contributed by atoms with van der Waals surface area (Å²) in [5.74, 6) is 0.109. The van der Waals surface area contributed by atoms with E-state index in [-0.39, 0.29) is 5.91 Å². The summed E-state index contributed by atoms with van der Waals surface area (Å²) in [6.45, 7) is 1.91. The zero-order chi connectivity index (χ0) is 8.10. The normalized spacial score (nSPS) is 17.4. The number of carbonyl (C=O) groups excluding carboxylic acids is 1. The Morgan fingerprint density at radius 2 is 2.64 bits per heavy atom. The highest BCUT2D eigenvalue weighted by Crippen LogP contribution is 2.08. The average Bonchev–Trinajstić information content (AvgIpc) is 2.06. The SMILES string of the molecule is CNC(=O)CC1=CCNCC1. The average molecular weight is 154 g/mol. The van der Waals surface area contributed by atoms with Gasteiger partial charge < -0.3 is 10.6 Å². The summed E-state index contributed by atoms with van der Waals surface area (Å²) in [7, 11) is 1.67. The zero-order valence-corrected chi connectivity index (χ0v) is 6.81. The molecular weight excluding hydrogens is 140 g/mol. The zero-order valence-electron chi connectivity index (χ0n) is 6.81. The van der Waals surface area contributed by atoms with Gasteiger partial charge in [-0.25, -0.2) is 0 Å². The first-order valence-electron chi connectivity index (χ1n) is 3.92. The molecule has 1 aliphatic heterocycles. The lowest BCUT2D eigenvalue weighted by Crippen LogP contribution is -2.24. The Bertz CT molecular complexity index is 175. The van der Waals surface area contributed by atoms with E-state index in [1.807, 2.05) is 0 Å². The van der Waals surface area contributed by atoms with Gasteiger partial charge in [0.1, 0.15) is 0 Å². The summed E-state index contributed by atoms with van der Waals surface area (Å²) in [4.78, 5) is 10.9. The van der Waals surface area contributed by atoms with E-state index in [9.17, 15) is 4.79 Å². The minimum atomic E-state index is 0.109. The van der Waals surface area contributed by atoms with Gasteiger partial charge in [0, 0.05) is 20.0 Å². The summed E-state index contributed by atoms with van der Waals surface area (Å²) in [6, 6.07) is 0. The van der Waals surface area contributed by atoms with Gasteiger partial charge in [-0.05, 0) is 13.0 Å². The molecule has 0 unspecified atom stereocenters. The van der Waals surface area contributed by atoms with Crippen LogP contribution in [-0.4, -0.2) is 26.0 Å². The molecule has 11 heavy (non-hydrogen) atoms. The van der Waals surface area contributed by atoms with Crippen molar-refractivity contribution in [2.75, 3.05) is 20.1 Å². The van der Waals surface area contributed by atoms with E-state index < -0.39 is 0 Å². The molecule has 0 saturated carbocycles. The maximum Gasteiger partial charge on any atom is 0.223 e. The number of rotatable bonds is 2. The van der Waals surface area contributed by atoms with Crippen molar-refractivity contribution in [2.24, 2.45) is 0 Å². The van der Waals surface area contributed by atoms with Crippen molar-refractivity contribution in [2.45, 2.75) is 12.8 Å². The Morgan fingerprint density at radius 1 is 1.82 bits per heavy atom. The molecule has 0 saturated heterocycles. The molecule has 0 aromatic heterocycles. The summed E-state index contributed by atoms with van der Waals surface area (Å²) in [6.07, 6.45) is 3.67. The Hall–Kier alpha value is -0.830. The third kappa shape index (κ3) is 2.72. The summed E-state index contributed by atoms with van der Waals surface area (Å²) in [5.41, 5.74) is 1.25. The molecule has 0 fully saturated rings. The summed E-state index contributed by atoms with van der Waals surface area (Å²) in [5, 5.41) is 5.81. The van der Waals surface area contributed by atoms with Gasteiger partial charge in [0.15, 0.2) is 0 Å². The lowest BCUT2D eigenvalue weighted by molar-refractivity contribution is -0.119. The van der Waals surface area contributed by atoms with E-state index in [4.69, 9.17) is 0 Å². The molecule has 1 aliphatic rings. The third-order valence-corrected chi connectivity index (χ3v) is 1.82. The van der Waals surface area contributed by atoms with Gasteiger partial charge >= 0.3 is 0 Å². The van der Waals surface area contributed by atoms with Crippen molar-refractivity contribution in [3.63, 3.8) is 0 Å². The van der Waals surface area contributed by atoms with Gasteiger partial charge in [-0.3, -0.25) is 4.79 Å². The summed E-state index contributed by atoms with van der Waals surface area (Å²) < 4.78 is 0. The third-order valence-electron chi connectivity index (χ3n) is 1.82. The Morgan fingerprint density at radius 3 is 3.18 bits per heavy atom. The van der Waals surface area contributed by atoms with Gasteiger partial charge in [-0.15, -0.1) is 0 Å². The first-order valence-corrected chi connectivity index (χ1v) is 3.92. The van der Waals surface area contributed by atoms with Crippen LogP contribution in [0.15, 0.2) is 11.6 Å². The predicted octanol–water partition coefficient (Wildman–Crippen LogP) is 0.0422. The van der Waals surface area contributed by atoms with Crippen LogP contribution >= 0.6 is 0 Å². The number of amides is 1. The Kier molecular flexibility index (Phi) is 3.11. The van der Waals surface area contributed by atoms with Gasteiger partial charge in [0.25, 0.3) is 0 Å². The molecule has 0 aliphatic carbocycles. The molecule has 1 rings (SSSR count). The second-order valence-corrected chi connectivity index (χ2v) is 2.67. The fourth-order valence-electron chi connectivity index (χ4n) is 1.12. The second-order valence-electron chi connectivity index (χ2n) is 2.67. The molecule has 1 heterocycles. The smallest absolute Gasteiger partial charge is 0.223 e. The van der Waals surface area contributed by atoms with Gasteiger partial charge in [-0.1, -0.05) is 11.6 Å². The lowest BCUT2D eigenvalue weighted by Gasteiger charge is -2.12. The van der Waals surface area contributed by atoms with E-state index >= 15 is 0 Å². The molecule has 3 nitrogen and oxygen atoms in total. The number of carbonyl (C=O) groups is 1. The van der Waals surface area contributed by atoms with Crippen LogP contribution in [0.4, 0.5) is 0 Å². The molecule has 0 spiro atoms. The van der Waals surface area contributed by atoms with Crippen LogP contribution < -0.4 is 10.6 Å². The molecule has 3 heteroatoms. The first kappa shape index (κ1) is 8.27. The van der Waals surface area contributed by atoms with Crippen LogP contribution in [-0.2, 0) is 4.79 Å². The van der Waals surface area contributed by atoms with E-state index in [2.05, 4.69) is 16.7 Å². The minimum absolute atomic E-state index is 0.109. The first-order chi connectivity index (χ1) is 5.33. The van der Waals surface area contributed by atoms with Crippen LogP contribution in [0.1, 0.15) is 12.8 Å². The van der Waals surface area contributed by atoms with Crippen LogP contribution in [0.5, 0.6) is 0 Å². The van der Waals surface area contributed by atoms with Crippen molar-refractivity contribution >= 4 is 5.91 Å². The number of hydrogen-bond donors (Lipinski definition) is 2. The van der Waals surface area contributed by atoms with Crippen molar-refractivity contribution in [3.8, 4) is 0 Å². The van der Waals surface area contributed by atoms with E-state index in [0.717, 1.165) is 19.5 Å². The van der Waals surface area contributed by atoms with Crippen LogP contribution in [0.25, 0.3) is 0 Å². The predicted molar refractivity (Wildman–Crippen MR) is 44.3 cm³/mol. The highest BCUT2D eigenvalue weighted by atomic mass is 16.1. The number of hydrogen-bond acceptors (Lipinski definition) is 2. The minimum Gasteiger partial charge on any atom is -0.359 e. The number of nitrogens with one attached hydrogen (secondary N) is 2. The molecule has 2 N–H and O–H groups in total. The monoisotopic (exact) mass is 154 g/mol. The topological polar surface area (TPSA) is 41.1 Å². The molecule has 62 valence electrons. The van der Waals surface area contributed by atoms with Crippen molar-refractivity contribution in [1.82, 2.24) is 10.6 Å². The van der Waals surface area contributed by atoms with Crippen molar-refractivity contribution in [3.05, 3.63) is 11.6 Å². The standard InChI is InChI=1S/C8H14N2O/c1-9-8(11)6-7-2-4-10-5-3-7/h2,10H,3-6H2,1H3,(H,9,11). The van der Waals surface area contributed by atoms with Gasteiger partial charge in [0.05, 0.1) is 0 Å². The van der Waals surface area contributed by atoms with Crippen LogP contribution in [0.3, 0.4) is 0 Å². The van der Waals surface area contributed by atoms with E-state index in [1.165, 1.54) is 5.57 Å². The van der Waals surface area contributed by atoms with Crippen molar-refractivity contribution < 1.29 is 4.79 Å². The van der Waals surface area contributed by atoms with Crippen molar-refractivity contribution in [1.29, 1.82) is 0 Å². The van der Waals surface area contributed by atoms with E-state index in [0.29, 0.717) is 6.42 Å². The lowest BCUT2D eigenvalue weighted by atomic mass is 10.1. The summed E-state index contributed by atoms with van der Waals surface area (Å²) >= 11 is 0. The molecule has 1 amide bonds. The molecular formula is C8H14N2O. The van der Waals surface area contributed by atoms with E-state index in [1.54, 1.807) is 7.05 Å². The molecule has 0 atom stereocenters. The van der Waals surface area contributed by atoms with Crippen LogP contribution in [0.2, 0.25) is 0 Å². The molecule has 0 radical (unpaired) electrons. The van der Waals surface area contributed by atoms with Gasteiger partial charge in [0.2, 0.25) is 5.91 Å². The Balaban J connectivity index is 2.35. The fourth-order valence-corrected chi connectivity index (χ4v) is 1.12. The van der Waals surface area contributed by atoms with Gasteiger partial charge in [-0.2, -0.15) is 0 Å². The fraction of sp³-hybridized carbons (Fsp3) is 0.625. The molecule has 0 aromatic rings. The maximum absolute atomic E-state index is 10.9. The Labute approximate surface area is 66.9 Å². The largest absolute Gasteiger partial charge is 0.359 e. The highest BCUT2D eigenvalue weighted by Gasteiger charge is 2.06.